The normalized spacial score (nSPS) is 21.4. The Morgan fingerprint density at radius 2 is 1.73 bits per heavy atom. The molecule has 0 spiro atoms. The smallest absolute Gasteiger partial charge is 0.214 e. The second-order valence-corrected chi connectivity index (χ2v) is 10.3. The van der Waals surface area contributed by atoms with Crippen molar-refractivity contribution in [1.29, 1.82) is 0 Å². The summed E-state index contributed by atoms with van der Waals surface area (Å²) in [6, 6.07) is 18.4. The van der Waals surface area contributed by atoms with Gasteiger partial charge in [0, 0.05) is 36.1 Å². The quantitative estimate of drug-likeness (QED) is 0.749. The van der Waals surface area contributed by atoms with Crippen LogP contribution >= 0.6 is 15.9 Å². The molecule has 4 nitrogen and oxygen atoms in total. The molecule has 0 unspecified atom stereocenters. The molecular formula is C20H25BrN2O2S. The van der Waals surface area contributed by atoms with Gasteiger partial charge < -0.3 is 0 Å². The van der Waals surface area contributed by atoms with E-state index >= 15 is 0 Å². The zero-order valence-corrected chi connectivity index (χ0v) is 17.5. The van der Waals surface area contributed by atoms with E-state index in [0.717, 1.165) is 17.6 Å². The Balaban J connectivity index is 1.82. The maximum Gasteiger partial charge on any atom is 0.214 e. The average Bonchev–Trinajstić information content (AvgIpc) is 2.98. The van der Waals surface area contributed by atoms with Gasteiger partial charge in [-0.3, -0.25) is 4.90 Å². The van der Waals surface area contributed by atoms with Crippen LogP contribution in [0.4, 0.5) is 0 Å². The first kappa shape index (κ1) is 19.5. The summed E-state index contributed by atoms with van der Waals surface area (Å²) in [6.45, 7) is 5.80. The van der Waals surface area contributed by atoms with Crippen LogP contribution in [-0.4, -0.2) is 37.7 Å². The van der Waals surface area contributed by atoms with E-state index in [-0.39, 0.29) is 12.0 Å². The first-order valence-corrected chi connectivity index (χ1v) is 11.2. The van der Waals surface area contributed by atoms with E-state index in [2.05, 4.69) is 49.8 Å². The Morgan fingerprint density at radius 3 is 2.35 bits per heavy atom. The molecule has 1 N–H and O–H groups in total. The molecular weight excluding hydrogens is 412 g/mol. The summed E-state index contributed by atoms with van der Waals surface area (Å²) < 4.78 is 28.9. The number of hydrogen-bond donors (Lipinski definition) is 1. The molecule has 0 bridgehead atoms. The lowest BCUT2D eigenvalue weighted by Crippen LogP contribution is -2.42. The Morgan fingerprint density at radius 1 is 1.08 bits per heavy atom. The van der Waals surface area contributed by atoms with Gasteiger partial charge in [0.2, 0.25) is 10.0 Å². The topological polar surface area (TPSA) is 49.4 Å². The monoisotopic (exact) mass is 436 g/mol. The van der Waals surface area contributed by atoms with Gasteiger partial charge in [-0.15, -0.1) is 0 Å². The Kier molecular flexibility index (Phi) is 6.17. The van der Waals surface area contributed by atoms with Crippen LogP contribution in [0, 0.1) is 0 Å². The summed E-state index contributed by atoms with van der Waals surface area (Å²) in [4.78, 5) is 2.33. The van der Waals surface area contributed by atoms with Crippen molar-refractivity contribution in [1.82, 2.24) is 9.62 Å². The summed E-state index contributed by atoms with van der Waals surface area (Å²) in [6.07, 6.45) is 0. The van der Waals surface area contributed by atoms with Crippen LogP contribution in [0.5, 0.6) is 0 Å². The Hall–Kier alpha value is -1.21. The molecule has 26 heavy (non-hydrogen) atoms. The lowest BCUT2D eigenvalue weighted by molar-refractivity contribution is 0.322. The van der Waals surface area contributed by atoms with Crippen molar-refractivity contribution < 1.29 is 8.42 Å². The van der Waals surface area contributed by atoms with Gasteiger partial charge in [-0.1, -0.05) is 58.4 Å². The molecule has 6 heteroatoms. The fourth-order valence-corrected chi connectivity index (χ4v) is 4.57. The molecule has 1 aliphatic heterocycles. The van der Waals surface area contributed by atoms with Crippen LogP contribution in [0.1, 0.15) is 30.9 Å². The summed E-state index contributed by atoms with van der Waals surface area (Å²) in [5, 5.41) is -0.434. The van der Waals surface area contributed by atoms with Gasteiger partial charge in [-0.05, 0) is 37.1 Å². The van der Waals surface area contributed by atoms with Crippen molar-refractivity contribution in [2.75, 3.05) is 13.1 Å². The van der Waals surface area contributed by atoms with Crippen molar-refractivity contribution in [3.63, 3.8) is 0 Å². The lowest BCUT2D eigenvalue weighted by atomic mass is 9.95. The minimum absolute atomic E-state index is 0.118. The minimum Gasteiger partial charge on any atom is -0.297 e. The van der Waals surface area contributed by atoms with Gasteiger partial charge in [-0.2, -0.15) is 0 Å². The molecule has 1 heterocycles. The third-order valence-electron chi connectivity index (χ3n) is 4.88. The second-order valence-electron chi connectivity index (χ2n) is 7.16. The molecule has 1 aliphatic rings. The van der Waals surface area contributed by atoms with Crippen LogP contribution in [0.25, 0.3) is 0 Å². The van der Waals surface area contributed by atoms with E-state index < -0.39 is 15.3 Å². The number of likely N-dealkylation sites (tertiary alicyclic amines) is 1. The molecule has 1 saturated heterocycles. The van der Waals surface area contributed by atoms with Crippen LogP contribution in [0.2, 0.25) is 0 Å². The van der Waals surface area contributed by atoms with E-state index in [1.54, 1.807) is 13.8 Å². The van der Waals surface area contributed by atoms with E-state index in [1.807, 2.05) is 30.3 Å². The first-order valence-electron chi connectivity index (χ1n) is 8.88. The van der Waals surface area contributed by atoms with E-state index in [1.165, 1.54) is 11.1 Å². The summed E-state index contributed by atoms with van der Waals surface area (Å²) in [5.41, 5.74) is 2.41. The minimum atomic E-state index is -3.31. The average molecular weight is 437 g/mol. The molecule has 0 radical (unpaired) electrons. The third kappa shape index (κ3) is 4.74. The Bertz CT molecular complexity index is 823. The van der Waals surface area contributed by atoms with Gasteiger partial charge in [-0.25, -0.2) is 13.1 Å². The number of sulfonamides is 1. The number of halogens is 1. The van der Waals surface area contributed by atoms with Crippen molar-refractivity contribution in [2.24, 2.45) is 0 Å². The molecule has 0 aromatic heterocycles. The molecule has 0 amide bonds. The van der Waals surface area contributed by atoms with Crippen molar-refractivity contribution in [3.05, 3.63) is 70.2 Å². The summed E-state index contributed by atoms with van der Waals surface area (Å²) >= 11 is 3.47. The molecule has 2 aromatic carbocycles. The molecule has 0 aliphatic carbocycles. The van der Waals surface area contributed by atoms with Gasteiger partial charge in [0.1, 0.15) is 0 Å². The van der Waals surface area contributed by atoms with E-state index in [0.29, 0.717) is 6.54 Å². The number of nitrogens with one attached hydrogen (secondary N) is 1. The predicted octanol–water partition coefficient (Wildman–Crippen LogP) is 3.74. The summed E-state index contributed by atoms with van der Waals surface area (Å²) in [5.74, 6) is 0.139. The molecule has 2 aromatic rings. The molecule has 0 saturated carbocycles. The maximum atomic E-state index is 12.4. The van der Waals surface area contributed by atoms with Crippen LogP contribution < -0.4 is 4.72 Å². The highest BCUT2D eigenvalue weighted by Crippen LogP contribution is 2.30. The van der Waals surface area contributed by atoms with Gasteiger partial charge in [0.05, 0.1) is 5.25 Å². The van der Waals surface area contributed by atoms with Crippen LogP contribution in [0.15, 0.2) is 59.1 Å². The highest BCUT2D eigenvalue weighted by Gasteiger charge is 2.36. The fourth-order valence-electron chi connectivity index (χ4n) is 3.37. The lowest BCUT2D eigenvalue weighted by Gasteiger charge is -2.21. The summed E-state index contributed by atoms with van der Waals surface area (Å²) in [7, 11) is -3.31. The van der Waals surface area contributed by atoms with Crippen LogP contribution in [0.3, 0.4) is 0 Å². The Labute approximate surface area is 164 Å². The number of hydrogen-bond acceptors (Lipinski definition) is 3. The zero-order valence-electron chi connectivity index (χ0n) is 15.1. The maximum absolute atomic E-state index is 12.4. The number of benzene rings is 2. The van der Waals surface area contributed by atoms with E-state index in [9.17, 15) is 8.42 Å². The van der Waals surface area contributed by atoms with Crippen molar-refractivity contribution >= 4 is 26.0 Å². The number of nitrogens with zero attached hydrogens (tertiary/aromatic N) is 1. The molecule has 2 atom stereocenters. The van der Waals surface area contributed by atoms with E-state index in [4.69, 9.17) is 0 Å². The predicted molar refractivity (Wildman–Crippen MR) is 110 cm³/mol. The largest absolute Gasteiger partial charge is 0.297 e. The first-order chi connectivity index (χ1) is 12.3. The molecule has 1 fully saturated rings. The SMILES string of the molecule is CC(C)S(=O)(=O)N[C@@H]1CN(Cc2ccccc2)C[C@H]1c1ccc(Br)cc1. The van der Waals surface area contributed by atoms with Crippen molar-refractivity contribution in [3.8, 4) is 0 Å². The molecule has 3 rings (SSSR count). The number of rotatable bonds is 6. The van der Waals surface area contributed by atoms with Crippen molar-refractivity contribution in [2.45, 2.75) is 37.6 Å². The second kappa shape index (κ2) is 8.21. The van der Waals surface area contributed by atoms with Gasteiger partial charge in [0.15, 0.2) is 0 Å². The molecule has 140 valence electrons. The highest BCUT2D eigenvalue weighted by molar-refractivity contribution is 9.10. The fraction of sp³-hybridized carbons (Fsp3) is 0.400. The van der Waals surface area contributed by atoms with Gasteiger partial charge >= 0.3 is 0 Å². The van der Waals surface area contributed by atoms with Crippen LogP contribution in [-0.2, 0) is 16.6 Å². The van der Waals surface area contributed by atoms with Gasteiger partial charge in [0.25, 0.3) is 0 Å². The zero-order chi connectivity index (χ0) is 18.7. The third-order valence-corrected chi connectivity index (χ3v) is 7.28. The standard InChI is InChI=1S/C20H25BrN2O2S/c1-15(2)26(24,25)22-20-14-23(12-16-6-4-3-5-7-16)13-19(20)17-8-10-18(21)11-9-17/h3-11,15,19-20,22H,12-14H2,1-2H3/t19-,20+/m0/s1. The highest BCUT2D eigenvalue weighted by atomic mass is 79.9.